The summed E-state index contributed by atoms with van der Waals surface area (Å²) in [7, 11) is 0. The van der Waals surface area contributed by atoms with Crippen molar-refractivity contribution in [2.24, 2.45) is 5.73 Å². The first kappa shape index (κ1) is 11.7. The number of nitrogens with two attached hydrogens (primary N) is 1. The molecule has 3 heterocycles. The van der Waals surface area contributed by atoms with Gasteiger partial charge < -0.3 is 10.5 Å². The van der Waals surface area contributed by atoms with E-state index in [1.807, 2.05) is 4.52 Å². The highest BCUT2D eigenvalue weighted by Crippen LogP contribution is 2.34. The van der Waals surface area contributed by atoms with Crippen molar-refractivity contribution in [3.63, 3.8) is 0 Å². The molecule has 2 aliphatic rings. The zero-order valence-electron chi connectivity index (χ0n) is 10.7. The van der Waals surface area contributed by atoms with Crippen molar-refractivity contribution in [3.8, 4) is 0 Å². The molecule has 102 valence electrons. The first-order valence-electron chi connectivity index (χ1n) is 6.81. The second kappa shape index (κ2) is 4.22. The van der Waals surface area contributed by atoms with Gasteiger partial charge in [-0.2, -0.15) is 9.61 Å². The standard InChI is InChI=1S/C12H17N5OS/c13-12(3-1-4-12)6-9-16-17-10(8-2-5-18-7-8)14-15-11(17)19-9/h8H,1-7,13H2. The van der Waals surface area contributed by atoms with Gasteiger partial charge >= 0.3 is 0 Å². The van der Waals surface area contributed by atoms with Crippen molar-refractivity contribution < 1.29 is 4.74 Å². The Balaban J connectivity index is 1.63. The summed E-state index contributed by atoms with van der Waals surface area (Å²) in [5, 5.41) is 14.2. The molecule has 1 aliphatic carbocycles. The summed E-state index contributed by atoms with van der Waals surface area (Å²) < 4.78 is 7.31. The summed E-state index contributed by atoms with van der Waals surface area (Å²) in [6.45, 7) is 1.54. The molecular formula is C12H17N5OS. The van der Waals surface area contributed by atoms with Gasteiger partial charge in [-0.25, -0.2) is 0 Å². The highest BCUT2D eigenvalue weighted by atomic mass is 32.1. The van der Waals surface area contributed by atoms with Gasteiger partial charge in [0, 0.05) is 24.5 Å². The summed E-state index contributed by atoms with van der Waals surface area (Å²) in [4.78, 5) is 0.875. The quantitative estimate of drug-likeness (QED) is 0.910. The number of hydrogen-bond acceptors (Lipinski definition) is 6. The first-order chi connectivity index (χ1) is 9.23. The maximum Gasteiger partial charge on any atom is 0.234 e. The number of fused-ring (bicyclic) bond motifs is 1. The van der Waals surface area contributed by atoms with Crippen LogP contribution < -0.4 is 5.73 Å². The third-order valence-electron chi connectivity index (χ3n) is 4.20. The minimum Gasteiger partial charge on any atom is -0.381 e. The predicted molar refractivity (Wildman–Crippen MR) is 71.3 cm³/mol. The molecule has 0 spiro atoms. The van der Waals surface area contributed by atoms with E-state index in [-0.39, 0.29) is 5.54 Å². The average Bonchev–Trinajstić information content (AvgIpc) is 3.01. The van der Waals surface area contributed by atoms with E-state index in [0.29, 0.717) is 5.92 Å². The summed E-state index contributed by atoms with van der Waals surface area (Å²) in [6, 6.07) is 0. The Morgan fingerprint density at radius 2 is 2.32 bits per heavy atom. The topological polar surface area (TPSA) is 78.3 Å². The molecule has 0 amide bonds. The lowest BCUT2D eigenvalue weighted by Crippen LogP contribution is -2.48. The molecule has 4 rings (SSSR count). The van der Waals surface area contributed by atoms with Gasteiger partial charge in [0.05, 0.1) is 6.61 Å². The van der Waals surface area contributed by atoms with Crippen LogP contribution in [0.5, 0.6) is 0 Å². The summed E-state index contributed by atoms with van der Waals surface area (Å²) in [5.74, 6) is 1.27. The number of ether oxygens (including phenoxy) is 1. The molecular weight excluding hydrogens is 262 g/mol. The molecule has 2 fully saturated rings. The molecule has 6 nitrogen and oxygen atoms in total. The molecule has 19 heavy (non-hydrogen) atoms. The van der Waals surface area contributed by atoms with E-state index >= 15 is 0 Å². The molecule has 2 aromatic rings. The molecule has 2 N–H and O–H groups in total. The molecule has 1 saturated carbocycles. The van der Waals surface area contributed by atoms with E-state index in [2.05, 4.69) is 15.3 Å². The van der Waals surface area contributed by atoms with Crippen LogP contribution in [0.25, 0.3) is 4.96 Å². The normalized spacial score (nSPS) is 25.8. The Kier molecular flexibility index (Phi) is 2.61. The fourth-order valence-corrected chi connectivity index (χ4v) is 3.84. The highest BCUT2D eigenvalue weighted by molar-refractivity contribution is 7.16. The second-order valence-electron chi connectivity index (χ2n) is 5.70. The molecule has 1 atom stereocenters. The smallest absolute Gasteiger partial charge is 0.234 e. The van der Waals surface area contributed by atoms with E-state index in [4.69, 9.17) is 10.5 Å². The summed E-state index contributed by atoms with van der Waals surface area (Å²) >= 11 is 1.61. The number of hydrogen-bond donors (Lipinski definition) is 1. The van der Waals surface area contributed by atoms with E-state index in [9.17, 15) is 0 Å². The van der Waals surface area contributed by atoms with Crippen molar-refractivity contribution in [1.29, 1.82) is 0 Å². The summed E-state index contributed by atoms with van der Waals surface area (Å²) in [5.41, 5.74) is 6.26. The predicted octanol–water partition coefficient (Wildman–Crippen LogP) is 1.11. The highest BCUT2D eigenvalue weighted by Gasteiger charge is 2.34. The maximum absolute atomic E-state index is 6.29. The number of aromatic nitrogens is 4. The molecule has 2 aromatic heterocycles. The monoisotopic (exact) mass is 279 g/mol. The number of nitrogens with zero attached hydrogens (tertiary/aromatic N) is 4. The third-order valence-corrected chi connectivity index (χ3v) is 5.10. The molecule has 0 aromatic carbocycles. The van der Waals surface area contributed by atoms with Gasteiger partial charge in [0.2, 0.25) is 4.96 Å². The first-order valence-corrected chi connectivity index (χ1v) is 7.63. The van der Waals surface area contributed by atoms with Crippen LogP contribution in [0.2, 0.25) is 0 Å². The van der Waals surface area contributed by atoms with E-state index < -0.39 is 0 Å². The van der Waals surface area contributed by atoms with Gasteiger partial charge in [0.1, 0.15) is 5.01 Å². The van der Waals surface area contributed by atoms with Crippen molar-refractivity contribution in [3.05, 3.63) is 10.8 Å². The lowest BCUT2D eigenvalue weighted by atomic mass is 9.75. The SMILES string of the molecule is NC1(Cc2nn3c(C4CCOC4)nnc3s2)CCC1. The van der Waals surface area contributed by atoms with Gasteiger partial charge in [-0.3, -0.25) is 0 Å². The van der Waals surface area contributed by atoms with Crippen LogP contribution >= 0.6 is 11.3 Å². The van der Waals surface area contributed by atoms with Crippen LogP contribution in [-0.4, -0.2) is 38.6 Å². The largest absolute Gasteiger partial charge is 0.381 e. The Labute approximate surface area is 115 Å². The summed E-state index contributed by atoms with van der Waals surface area (Å²) in [6.07, 6.45) is 5.33. The zero-order valence-corrected chi connectivity index (χ0v) is 11.5. The van der Waals surface area contributed by atoms with Gasteiger partial charge in [-0.1, -0.05) is 11.3 Å². The van der Waals surface area contributed by atoms with Gasteiger partial charge in [-0.05, 0) is 25.7 Å². The van der Waals surface area contributed by atoms with Crippen LogP contribution in [0.15, 0.2) is 0 Å². The van der Waals surface area contributed by atoms with Crippen molar-refractivity contribution in [2.75, 3.05) is 13.2 Å². The van der Waals surface area contributed by atoms with Crippen molar-refractivity contribution in [1.82, 2.24) is 19.8 Å². The van der Waals surface area contributed by atoms with Crippen LogP contribution in [0.4, 0.5) is 0 Å². The zero-order chi connectivity index (χ0) is 12.9. The Morgan fingerprint density at radius 1 is 1.42 bits per heavy atom. The number of rotatable bonds is 3. The maximum atomic E-state index is 6.29. The van der Waals surface area contributed by atoms with Crippen LogP contribution in [0.1, 0.15) is 42.4 Å². The fourth-order valence-electron chi connectivity index (χ4n) is 2.84. The molecule has 1 unspecified atom stereocenters. The van der Waals surface area contributed by atoms with Crippen LogP contribution in [0, 0.1) is 0 Å². The van der Waals surface area contributed by atoms with Crippen LogP contribution in [-0.2, 0) is 11.2 Å². The minimum atomic E-state index is -0.0279. The Morgan fingerprint density at radius 3 is 3.00 bits per heavy atom. The third kappa shape index (κ3) is 1.96. The average molecular weight is 279 g/mol. The second-order valence-corrected chi connectivity index (χ2v) is 6.74. The fraction of sp³-hybridized carbons (Fsp3) is 0.750. The van der Waals surface area contributed by atoms with E-state index in [0.717, 1.165) is 54.7 Å². The minimum absolute atomic E-state index is 0.0279. The van der Waals surface area contributed by atoms with Gasteiger partial charge in [0.25, 0.3) is 0 Å². The molecule has 0 bridgehead atoms. The van der Waals surface area contributed by atoms with Gasteiger partial charge in [-0.15, -0.1) is 10.2 Å². The van der Waals surface area contributed by atoms with Gasteiger partial charge in [0.15, 0.2) is 5.82 Å². The van der Waals surface area contributed by atoms with Crippen molar-refractivity contribution >= 4 is 16.3 Å². The molecule has 1 saturated heterocycles. The van der Waals surface area contributed by atoms with E-state index in [1.54, 1.807) is 11.3 Å². The Hall–Kier alpha value is -1.05. The van der Waals surface area contributed by atoms with Crippen LogP contribution in [0.3, 0.4) is 0 Å². The molecule has 0 radical (unpaired) electrons. The molecule has 7 heteroatoms. The lowest BCUT2D eigenvalue weighted by Gasteiger charge is -2.37. The molecule has 1 aliphatic heterocycles. The lowest BCUT2D eigenvalue weighted by molar-refractivity contribution is 0.193. The van der Waals surface area contributed by atoms with E-state index in [1.165, 1.54) is 6.42 Å². The Bertz CT molecular complexity index is 596. The van der Waals surface area contributed by atoms with Crippen molar-refractivity contribution in [2.45, 2.75) is 43.6 Å².